The minimum Gasteiger partial charge on any atom is -0.496 e. The maximum absolute atomic E-state index is 5.51. The van der Waals surface area contributed by atoms with Gasteiger partial charge in [-0.1, -0.05) is 40.2 Å². The Balaban J connectivity index is 2.16. The van der Waals surface area contributed by atoms with Crippen LogP contribution in [0.1, 0.15) is 42.6 Å². The molecule has 21 heavy (non-hydrogen) atoms. The summed E-state index contributed by atoms with van der Waals surface area (Å²) in [6.07, 6.45) is 0. The summed E-state index contributed by atoms with van der Waals surface area (Å²) in [4.78, 5) is 0. The zero-order chi connectivity index (χ0) is 15.4. The normalized spacial score (nSPS) is 13.8. The van der Waals surface area contributed by atoms with Gasteiger partial charge in [0.2, 0.25) is 0 Å². The third-order valence-corrected chi connectivity index (χ3v) is 4.20. The van der Waals surface area contributed by atoms with Gasteiger partial charge < -0.3 is 10.1 Å². The maximum atomic E-state index is 5.51. The first-order valence-electron chi connectivity index (χ1n) is 7.17. The van der Waals surface area contributed by atoms with Crippen LogP contribution in [0.4, 0.5) is 0 Å². The van der Waals surface area contributed by atoms with Crippen LogP contribution in [0.3, 0.4) is 0 Å². The van der Waals surface area contributed by atoms with Crippen LogP contribution in [0, 0.1) is 6.92 Å². The zero-order valence-corrected chi connectivity index (χ0v) is 14.6. The second-order valence-electron chi connectivity index (χ2n) is 5.41. The lowest BCUT2D eigenvalue weighted by molar-refractivity contribution is 0.396. The lowest BCUT2D eigenvalue weighted by atomic mass is 10.0. The monoisotopic (exact) mass is 347 g/mol. The molecule has 0 saturated carbocycles. The lowest BCUT2D eigenvalue weighted by Gasteiger charge is -2.22. The van der Waals surface area contributed by atoms with Crippen molar-refractivity contribution < 1.29 is 4.74 Å². The highest BCUT2D eigenvalue weighted by atomic mass is 79.9. The van der Waals surface area contributed by atoms with Gasteiger partial charge >= 0.3 is 0 Å². The van der Waals surface area contributed by atoms with Crippen molar-refractivity contribution in [3.8, 4) is 5.75 Å². The Morgan fingerprint density at radius 3 is 2.48 bits per heavy atom. The van der Waals surface area contributed by atoms with E-state index < -0.39 is 0 Å². The molecule has 2 nitrogen and oxygen atoms in total. The molecule has 3 heteroatoms. The number of benzene rings is 2. The van der Waals surface area contributed by atoms with E-state index in [0.717, 1.165) is 10.2 Å². The van der Waals surface area contributed by atoms with E-state index in [-0.39, 0.29) is 12.1 Å². The van der Waals surface area contributed by atoms with E-state index in [1.54, 1.807) is 7.11 Å². The summed E-state index contributed by atoms with van der Waals surface area (Å²) in [6.45, 7) is 6.43. The third-order valence-electron chi connectivity index (χ3n) is 3.70. The third kappa shape index (κ3) is 4.08. The Morgan fingerprint density at radius 1 is 1.05 bits per heavy atom. The molecule has 0 amide bonds. The maximum Gasteiger partial charge on any atom is 0.123 e. The van der Waals surface area contributed by atoms with Gasteiger partial charge in [0.1, 0.15) is 5.75 Å². The molecule has 0 heterocycles. The van der Waals surface area contributed by atoms with Crippen LogP contribution in [0.5, 0.6) is 5.75 Å². The van der Waals surface area contributed by atoms with Crippen LogP contribution in [0.2, 0.25) is 0 Å². The Hall–Kier alpha value is -1.32. The molecular formula is C18H22BrNO. The average Bonchev–Trinajstić information content (AvgIpc) is 2.46. The van der Waals surface area contributed by atoms with Gasteiger partial charge in [-0.05, 0) is 50.1 Å². The molecule has 0 radical (unpaired) electrons. The molecule has 2 aromatic carbocycles. The molecule has 0 fully saturated rings. The summed E-state index contributed by atoms with van der Waals surface area (Å²) in [5.41, 5.74) is 3.66. The lowest BCUT2D eigenvalue weighted by Crippen LogP contribution is -2.23. The Morgan fingerprint density at radius 2 is 1.81 bits per heavy atom. The molecule has 1 N–H and O–H groups in total. The van der Waals surface area contributed by atoms with Gasteiger partial charge in [-0.25, -0.2) is 0 Å². The van der Waals surface area contributed by atoms with Crippen molar-refractivity contribution in [3.63, 3.8) is 0 Å². The largest absolute Gasteiger partial charge is 0.496 e. The van der Waals surface area contributed by atoms with E-state index in [1.165, 1.54) is 16.7 Å². The van der Waals surface area contributed by atoms with Crippen molar-refractivity contribution in [1.29, 1.82) is 0 Å². The first-order chi connectivity index (χ1) is 10.0. The topological polar surface area (TPSA) is 21.3 Å². The average molecular weight is 348 g/mol. The Kier molecular flexibility index (Phi) is 5.43. The van der Waals surface area contributed by atoms with Gasteiger partial charge in [0.05, 0.1) is 7.11 Å². The minimum absolute atomic E-state index is 0.217. The van der Waals surface area contributed by atoms with Gasteiger partial charge in [-0.15, -0.1) is 0 Å². The number of ether oxygens (including phenoxy) is 1. The number of rotatable bonds is 5. The number of nitrogens with one attached hydrogen (secondary N) is 1. The van der Waals surface area contributed by atoms with Gasteiger partial charge in [0, 0.05) is 22.1 Å². The smallest absolute Gasteiger partial charge is 0.123 e. The molecule has 1 unspecified atom stereocenters. The van der Waals surface area contributed by atoms with Crippen LogP contribution in [-0.2, 0) is 0 Å². The van der Waals surface area contributed by atoms with E-state index in [4.69, 9.17) is 4.74 Å². The number of halogens is 1. The number of hydrogen-bond acceptors (Lipinski definition) is 2. The fourth-order valence-electron chi connectivity index (χ4n) is 2.51. The summed E-state index contributed by atoms with van der Waals surface area (Å²) in [7, 11) is 1.72. The Labute approximate surface area is 135 Å². The molecular weight excluding hydrogens is 326 g/mol. The zero-order valence-electron chi connectivity index (χ0n) is 13.0. The van der Waals surface area contributed by atoms with Gasteiger partial charge in [-0.2, -0.15) is 0 Å². The standard InChI is InChI=1S/C18H22BrNO/c1-12-8-9-17(18(10-12)21-4)14(3)20-13(2)15-6-5-7-16(19)11-15/h5-11,13-14,20H,1-4H3/t13-,14?/m1/s1. The number of aryl methyl sites for hydroxylation is 1. The molecule has 0 bridgehead atoms. The van der Waals surface area contributed by atoms with Crippen molar-refractivity contribution in [1.82, 2.24) is 5.32 Å². The van der Waals surface area contributed by atoms with Gasteiger partial charge in [0.25, 0.3) is 0 Å². The SMILES string of the molecule is COc1cc(C)ccc1C(C)N[C@H](C)c1cccc(Br)c1. The molecule has 0 saturated heterocycles. The second-order valence-corrected chi connectivity index (χ2v) is 6.33. The molecule has 2 rings (SSSR count). The molecule has 112 valence electrons. The highest BCUT2D eigenvalue weighted by Gasteiger charge is 2.15. The highest BCUT2D eigenvalue weighted by Crippen LogP contribution is 2.28. The summed E-state index contributed by atoms with van der Waals surface area (Å²) in [5, 5.41) is 3.63. The summed E-state index contributed by atoms with van der Waals surface area (Å²) in [5.74, 6) is 0.941. The molecule has 2 aromatic rings. The summed E-state index contributed by atoms with van der Waals surface area (Å²) < 4.78 is 6.61. The molecule has 0 aliphatic rings. The first kappa shape index (κ1) is 16.1. The van der Waals surface area contributed by atoms with E-state index in [1.807, 2.05) is 6.07 Å². The van der Waals surface area contributed by atoms with Crippen molar-refractivity contribution in [2.24, 2.45) is 0 Å². The van der Waals surface area contributed by atoms with Crippen molar-refractivity contribution in [2.75, 3.05) is 7.11 Å². The molecule has 2 atom stereocenters. The van der Waals surface area contributed by atoms with E-state index in [9.17, 15) is 0 Å². The summed E-state index contributed by atoms with van der Waals surface area (Å²) in [6, 6.07) is 15.2. The molecule has 0 aliphatic carbocycles. The summed E-state index contributed by atoms with van der Waals surface area (Å²) >= 11 is 3.52. The fourth-order valence-corrected chi connectivity index (χ4v) is 2.93. The Bertz CT molecular complexity index is 612. The van der Waals surface area contributed by atoms with E-state index >= 15 is 0 Å². The molecule has 0 spiro atoms. The first-order valence-corrected chi connectivity index (χ1v) is 7.96. The number of methoxy groups -OCH3 is 1. The van der Waals surface area contributed by atoms with Crippen molar-refractivity contribution in [2.45, 2.75) is 32.9 Å². The van der Waals surface area contributed by atoms with Crippen LogP contribution in [0.15, 0.2) is 46.9 Å². The predicted octanol–water partition coefficient (Wildman–Crippen LogP) is 5.18. The van der Waals surface area contributed by atoms with Crippen LogP contribution in [0.25, 0.3) is 0 Å². The van der Waals surface area contributed by atoms with Crippen molar-refractivity contribution >= 4 is 15.9 Å². The fraction of sp³-hybridized carbons (Fsp3) is 0.333. The van der Waals surface area contributed by atoms with Crippen molar-refractivity contribution in [3.05, 3.63) is 63.6 Å². The van der Waals surface area contributed by atoms with E-state index in [0.29, 0.717) is 0 Å². The molecule has 0 aliphatic heterocycles. The second kappa shape index (κ2) is 7.10. The van der Waals surface area contributed by atoms with E-state index in [2.05, 4.69) is 78.4 Å². The van der Waals surface area contributed by atoms with Crippen LogP contribution in [-0.4, -0.2) is 7.11 Å². The van der Waals surface area contributed by atoms with Crippen LogP contribution < -0.4 is 10.1 Å². The predicted molar refractivity (Wildman–Crippen MR) is 91.8 cm³/mol. The highest BCUT2D eigenvalue weighted by molar-refractivity contribution is 9.10. The molecule has 0 aromatic heterocycles. The van der Waals surface area contributed by atoms with Gasteiger partial charge in [0.15, 0.2) is 0 Å². The number of hydrogen-bond donors (Lipinski definition) is 1. The minimum atomic E-state index is 0.217. The van der Waals surface area contributed by atoms with Gasteiger partial charge in [-0.3, -0.25) is 0 Å². The quantitative estimate of drug-likeness (QED) is 0.804. The van der Waals surface area contributed by atoms with Crippen LogP contribution >= 0.6 is 15.9 Å².